The van der Waals surface area contributed by atoms with Gasteiger partial charge in [-0.3, -0.25) is 19.1 Å². The number of amides is 4. The predicted octanol–water partition coefficient (Wildman–Crippen LogP) is 3.50. The number of ether oxygens (including phenoxy) is 2. The van der Waals surface area contributed by atoms with Crippen molar-refractivity contribution >= 4 is 44.6 Å². The van der Waals surface area contributed by atoms with Crippen molar-refractivity contribution in [2.75, 3.05) is 6.54 Å². The molecule has 4 amide bonds. The average Bonchev–Trinajstić information content (AvgIpc) is 3.91. The number of pyridine rings is 1. The second-order valence-electron chi connectivity index (χ2n) is 15.4. The molecule has 0 spiro atoms. The van der Waals surface area contributed by atoms with E-state index >= 15 is 0 Å². The van der Waals surface area contributed by atoms with E-state index in [4.69, 9.17) is 9.47 Å². The number of sulfonamides is 1. The number of hydrogen-bond acceptors (Lipinski definition) is 9. The molecule has 0 bridgehead atoms. The highest BCUT2D eigenvalue weighted by atomic mass is 32.2. The van der Waals surface area contributed by atoms with E-state index in [1.165, 1.54) is 11.0 Å². The summed E-state index contributed by atoms with van der Waals surface area (Å²) in [6.07, 6.45) is 2.77. The number of likely N-dealkylation sites (tertiary alicyclic amines) is 1. The number of benzene rings is 1. The highest BCUT2D eigenvalue weighted by Crippen LogP contribution is 2.45. The first kappa shape index (κ1) is 36.1. The highest BCUT2D eigenvalue weighted by molar-refractivity contribution is 7.91. The Kier molecular flexibility index (Phi) is 9.52. The minimum atomic E-state index is -3.89. The molecule has 1 saturated heterocycles. The van der Waals surface area contributed by atoms with Crippen LogP contribution in [-0.2, 0) is 29.1 Å². The van der Waals surface area contributed by atoms with Gasteiger partial charge in [-0.2, -0.15) is 0 Å². The van der Waals surface area contributed by atoms with E-state index in [-0.39, 0.29) is 19.4 Å². The Morgan fingerprint density at radius 2 is 1.80 bits per heavy atom. The number of nitrogens with one attached hydrogen (secondary N) is 3. The SMILES string of the molecule is C=C[C@@H]1C[C@]1(NC(=O)[C@@H]1C[C@@H](Oc2nccc3cccc(C)c23)CN1C(=O)[C@@H](NC(=O)OC(C)(C)C)C(C)(C)C)C(=O)NS(=O)(=O)C1CC1. The summed E-state index contributed by atoms with van der Waals surface area (Å²) in [6, 6.07) is 5.44. The number of hydrogen-bond donors (Lipinski definition) is 3. The van der Waals surface area contributed by atoms with Gasteiger partial charge in [-0.05, 0) is 69.4 Å². The van der Waals surface area contributed by atoms with Crippen LogP contribution >= 0.6 is 0 Å². The molecule has 1 aromatic heterocycles. The van der Waals surface area contributed by atoms with Gasteiger partial charge in [0.1, 0.15) is 29.3 Å². The maximum atomic E-state index is 14.4. The van der Waals surface area contributed by atoms with E-state index in [0.717, 1.165) is 16.3 Å². The topological polar surface area (TPSA) is 173 Å². The molecule has 3 aliphatic rings. The summed E-state index contributed by atoms with van der Waals surface area (Å²) in [4.78, 5) is 60.7. The Labute approximate surface area is 287 Å². The third-order valence-electron chi connectivity index (χ3n) is 9.11. The molecule has 3 N–H and O–H groups in total. The average molecular weight is 698 g/mol. The summed E-state index contributed by atoms with van der Waals surface area (Å²) in [5, 5.41) is 6.57. The second kappa shape index (κ2) is 12.9. The first-order chi connectivity index (χ1) is 22.8. The molecule has 0 radical (unpaired) electrons. The quantitative estimate of drug-likeness (QED) is 0.314. The summed E-state index contributed by atoms with van der Waals surface area (Å²) < 4.78 is 39.3. The van der Waals surface area contributed by atoms with Gasteiger partial charge in [0.2, 0.25) is 27.7 Å². The maximum absolute atomic E-state index is 14.4. The van der Waals surface area contributed by atoms with Crippen LogP contribution < -0.4 is 20.1 Å². The van der Waals surface area contributed by atoms with E-state index in [1.807, 2.05) is 31.2 Å². The van der Waals surface area contributed by atoms with Crippen molar-refractivity contribution < 1.29 is 37.1 Å². The molecule has 0 unspecified atom stereocenters. The molecule has 2 aromatic rings. The van der Waals surface area contributed by atoms with Crippen LogP contribution in [0.1, 0.15) is 72.8 Å². The number of carbonyl (C=O) groups excluding carboxylic acids is 4. The predicted molar refractivity (Wildman–Crippen MR) is 183 cm³/mol. The van der Waals surface area contributed by atoms with E-state index in [0.29, 0.717) is 18.7 Å². The van der Waals surface area contributed by atoms with Gasteiger partial charge in [0, 0.05) is 23.9 Å². The highest BCUT2D eigenvalue weighted by Gasteiger charge is 2.62. The number of alkyl carbamates (subject to hydrolysis) is 1. The lowest BCUT2D eigenvalue weighted by Gasteiger charge is -2.36. The number of aryl methyl sites for hydroxylation is 1. The molecule has 13 nitrogen and oxygen atoms in total. The van der Waals surface area contributed by atoms with Crippen LogP contribution in [0.3, 0.4) is 0 Å². The van der Waals surface area contributed by atoms with Gasteiger partial charge in [-0.25, -0.2) is 18.2 Å². The van der Waals surface area contributed by atoms with Crippen molar-refractivity contribution in [2.45, 2.75) is 109 Å². The molecule has 5 atom stereocenters. The molecule has 2 saturated carbocycles. The second-order valence-corrected chi connectivity index (χ2v) is 17.4. The van der Waals surface area contributed by atoms with Gasteiger partial charge in [0.25, 0.3) is 5.91 Å². The molecule has 1 aromatic carbocycles. The number of rotatable bonds is 10. The molecule has 1 aliphatic heterocycles. The van der Waals surface area contributed by atoms with E-state index in [9.17, 15) is 27.6 Å². The third kappa shape index (κ3) is 7.84. The Bertz CT molecular complexity index is 1770. The lowest BCUT2D eigenvalue weighted by Crippen LogP contribution is -2.60. The van der Waals surface area contributed by atoms with Crippen molar-refractivity contribution in [3.05, 3.63) is 48.7 Å². The first-order valence-corrected chi connectivity index (χ1v) is 18.1. The van der Waals surface area contributed by atoms with Crippen LogP contribution in [0, 0.1) is 18.3 Å². The summed E-state index contributed by atoms with van der Waals surface area (Å²) in [7, 11) is -3.89. The summed E-state index contributed by atoms with van der Waals surface area (Å²) in [6.45, 7) is 16.2. The minimum Gasteiger partial charge on any atom is -0.472 e. The fourth-order valence-electron chi connectivity index (χ4n) is 6.25. The fourth-order valence-corrected chi connectivity index (χ4v) is 7.62. The summed E-state index contributed by atoms with van der Waals surface area (Å²) in [5.74, 6) is -2.20. The zero-order chi connectivity index (χ0) is 36.1. The largest absolute Gasteiger partial charge is 0.472 e. The third-order valence-corrected chi connectivity index (χ3v) is 10.9. The standard InChI is InChI=1S/C35H47N5O8S/c1-9-22-18-35(22,31(43)39-49(45,46)24-13-14-24)38-28(41)25-17-23(47-29-26-20(2)11-10-12-21(26)15-16-36-29)19-40(25)30(42)27(33(3,4)5)37-32(44)48-34(6,7)8/h9-12,15-16,22-25,27H,1,13-14,17-19H2,2-8H3,(H,37,44)(H,38,41)(H,39,43)/t22-,23-,25+,27-,35-/m1/s1. The number of fused-ring (bicyclic) bond motifs is 1. The van der Waals surface area contributed by atoms with Crippen LogP contribution in [0.25, 0.3) is 10.8 Å². The fraction of sp³-hybridized carbons (Fsp3) is 0.571. The lowest BCUT2D eigenvalue weighted by atomic mass is 9.85. The van der Waals surface area contributed by atoms with Crippen molar-refractivity contribution in [1.29, 1.82) is 0 Å². The smallest absolute Gasteiger partial charge is 0.408 e. The minimum absolute atomic E-state index is 0.0242. The molecule has 3 fully saturated rings. The zero-order valence-corrected chi connectivity index (χ0v) is 30.0. The maximum Gasteiger partial charge on any atom is 0.408 e. The molecule has 14 heteroatoms. The van der Waals surface area contributed by atoms with Crippen LogP contribution in [0.15, 0.2) is 43.1 Å². The molecule has 2 aliphatic carbocycles. The molecule has 266 valence electrons. The zero-order valence-electron chi connectivity index (χ0n) is 29.2. The van der Waals surface area contributed by atoms with E-state index < -0.39 is 79.7 Å². The van der Waals surface area contributed by atoms with Crippen LogP contribution in [0.5, 0.6) is 5.88 Å². The monoisotopic (exact) mass is 697 g/mol. The van der Waals surface area contributed by atoms with Gasteiger partial charge in [0.15, 0.2) is 0 Å². The van der Waals surface area contributed by atoms with Crippen LogP contribution in [0.2, 0.25) is 0 Å². The normalized spacial score (nSPS) is 24.5. The molecule has 2 heterocycles. The van der Waals surface area contributed by atoms with Crippen LogP contribution in [0.4, 0.5) is 4.79 Å². The van der Waals surface area contributed by atoms with Gasteiger partial charge < -0.3 is 25.0 Å². The van der Waals surface area contributed by atoms with E-state index in [2.05, 4.69) is 26.9 Å². The molecule has 49 heavy (non-hydrogen) atoms. The van der Waals surface area contributed by atoms with Gasteiger partial charge in [-0.1, -0.05) is 45.0 Å². The van der Waals surface area contributed by atoms with E-state index in [1.54, 1.807) is 47.7 Å². The van der Waals surface area contributed by atoms with Crippen LogP contribution in [-0.4, -0.2) is 83.2 Å². The van der Waals surface area contributed by atoms with Crippen molar-refractivity contribution in [3.63, 3.8) is 0 Å². The Hall–Kier alpha value is -4.20. The van der Waals surface area contributed by atoms with Crippen molar-refractivity contribution in [2.24, 2.45) is 11.3 Å². The molecule has 5 rings (SSSR count). The molecular weight excluding hydrogens is 650 g/mol. The van der Waals surface area contributed by atoms with Gasteiger partial charge in [0.05, 0.1) is 11.8 Å². The number of nitrogens with zero attached hydrogens (tertiary/aromatic N) is 2. The Morgan fingerprint density at radius 1 is 1.10 bits per heavy atom. The lowest BCUT2D eigenvalue weighted by molar-refractivity contribution is -0.143. The Morgan fingerprint density at radius 3 is 2.39 bits per heavy atom. The first-order valence-electron chi connectivity index (χ1n) is 16.6. The van der Waals surface area contributed by atoms with Gasteiger partial charge in [-0.15, -0.1) is 6.58 Å². The number of aromatic nitrogens is 1. The number of carbonyl (C=O) groups is 4. The summed E-state index contributed by atoms with van der Waals surface area (Å²) >= 11 is 0. The van der Waals surface area contributed by atoms with Crippen molar-refractivity contribution in [1.82, 2.24) is 25.2 Å². The summed E-state index contributed by atoms with van der Waals surface area (Å²) in [5.41, 5.74) is -2.22. The Balaban J connectivity index is 1.45. The molecular formula is C35H47N5O8S. The van der Waals surface area contributed by atoms with Crippen molar-refractivity contribution in [3.8, 4) is 5.88 Å². The van der Waals surface area contributed by atoms with Gasteiger partial charge >= 0.3 is 6.09 Å².